The van der Waals surface area contributed by atoms with E-state index >= 15 is 0 Å². The average molecular weight is 225 g/mol. The number of rotatable bonds is 7. The molecule has 0 aromatic heterocycles. The van der Waals surface area contributed by atoms with Gasteiger partial charge in [0.2, 0.25) is 0 Å². The minimum absolute atomic E-state index is 0.0612. The van der Waals surface area contributed by atoms with E-state index in [9.17, 15) is 13.2 Å². The Morgan fingerprint density at radius 1 is 1.13 bits per heavy atom. The lowest BCUT2D eigenvalue weighted by atomic mass is 9.89. The molecule has 2 N–H and O–H groups in total. The van der Waals surface area contributed by atoms with E-state index in [0.29, 0.717) is 0 Å². The molecule has 2 atom stereocenters. The van der Waals surface area contributed by atoms with Crippen LogP contribution < -0.4 is 5.73 Å². The molecule has 0 rings (SSSR count). The van der Waals surface area contributed by atoms with Crippen LogP contribution in [0.4, 0.5) is 13.2 Å². The molecule has 0 aromatic carbocycles. The Morgan fingerprint density at radius 3 is 2.13 bits per heavy atom. The molecule has 0 spiro atoms. The molecule has 4 heteroatoms. The van der Waals surface area contributed by atoms with Gasteiger partial charge in [-0.05, 0) is 18.8 Å². The molecular formula is C11H22F3N. The summed E-state index contributed by atoms with van der Waals surface area (Å²) in [5, 5.41) is 0. The van der Waals surface area contributed by atoms with Gasteiger partial charge in [-0.2, -0.15) is 13.2 Å². The fraction of sp³-hybridized carbons (Fsp3) is 1.00. The summed E-state index contributed by atoms with van der Waals surface area (Å²) in [4.78, 5) is 0. The van der Waals surface area contributed by atoms with E-state index in [1.807, 2.05) is 6.92 Å². The van der Waals surface area contributed by atoms with Gasteiger partial charge in [-0.25, -0.2) is 0 Å². The molecule has 0 fully saturated rings. The zero-order valence-electron chi connectivity index (χ0n) is 9.61. The van der Waals surface area contributed by atoms with Crippen LogP contribution in [-0.2, 0) is 0 Å². The third kappa shape index (κ3) is 7.65. The molecule has 1 nitrogen and oxygen atoms in total. The molecule has 0 bridgehead atoms. The van der Waals surface area contributed by atoms with Crippen LogP contribution in [0.3, 0.4) is 0 Å². The largest absolute Gasteiger partial charge is 0.389 e. The average Bonchev–Trinajstić information content (AvgIpc) is 2.15. The monoisotopic (exact) mass is 225 g/mol. The summed E-state index contributed by atoms with van der Waals surface area (Å²) >= 11 is 0. The standard InChI is InChI=1S/C11H22F3N/c1-3-5-6-9(4-2)10(15)7-8-11(12,13)14/h9-10H,3-8,15H2,1-2H3. The minimum atomic E-state index is -4.07. The van der Waals surface area contributed by atoms with E-state index in [0.717, 1.165) is 25.7 Å². The number of halogens is 3. The van der Waals surface area contributed by atoms with E-state index in [1.54, 1.807) is 0 Å². The summed E-state index contributed by atoms with van der Waals surface area (Å²) in [7, 11) is 0. The molecule has 92 valence electrons. The van der Waals surface area contributed by atoms with Crippen molar-refractivity contribution in [2.24, 2.45) is 11.7 Å². The number of nitrogens with two attached hydrogens (primary N) is 1. The third-order valence-electron chi connectivity index (χ3n) is 2.82. The SMILES string of the molecule is CCCCC(CC)C(N)CCC(F)(F)F. The van der Waals surface area contributed by atoms with Gasteiger partial charge in [-0.1, -0.05) is 33.1 Å². The van der Waals surface area contributed by atoms with Crippen molar-refractivity contribution in [3.8, 4) is 0 Å². The molecule has 0 saturated heterocycles. The zero-order valence-corrected chi connectivity index (χ0v) is 9.61. The molecular weight excluding hydrogens is 203 g/mol. The molecule has 0 aliphatic rings. The summed E-state index contributed by atoms with van der Waals surface area (Å²) in [6.45, 7) is 4.07. The van der Waals surface area contributed by atoms with E-state index in [1.165, 1.54) is 0 Å². The van der Waals surface area contributed by atoms with Crippen molar-refractivity contribution in [1.29, 1.82) is 0 Å². The molecule has 0 amide bonds. The molecule has 15 heavy (non-hydrogen) atoms. The van der Waals surface area contributed by atoms with Gasteiger partial charge in [-0.3, -0.25) is 0 Å². The van der Waals surface area contributed by atoms with Gasteiger partial charge in [0, 0.05) is 12.5 Å². The Morgan fingerprint density at radius 2 is 1.73 bits per heavy atom. The molecule has 0 heterocycles. The van der Waals surface area contributed by atoms with Crippen molar-refractivity contribution in [3.63, 3.8) is 0 Å². The Kier molecular flexibility index (Phi) is 6.98. The van der Waals surface area contributed by atoms with E-state index in [2.05, 4.69) is 6.92 Å². The highest BCUT2D eigenvalue weighted by molar-refractivity contribution is 4.73. The van der Waals surface area contributed by atoms with Crippen LogP contribution in [-0.4, -0.2) is 12.2 Å². The van der Waals surface area contributed by atoms with Gasteiger partial charge in [0.15, 0.2) is 0 Å². The second-order valence-electron chi connectivity index (χ2n) is 4.13. The first-order chi connectivity index (χ1) is 6.90. The van der Waals surface area contributed by atoms with Gasteiger partial charge >= 0.3 is 6.18 Å². The van der Waals surface area contributed by atoms with Gasteiger partial charge in [0.05, 0.1) is 0 Å². The molecule has 0 radical (unpaired) electrons. The molecule has 0 saturated carbocycles. The fourth-order valence-electron chi connectivity index (χ4n) is 1.75. The predicted molar refractivity (Wildman–Crippen MR) is 56.6 cm³/mol. The van der Waals surface area contributed by atoms with Crippen LogP contribution in [0.1, 0.15) is 52.4 Å². The fourth-order valence-corrected chi connectivity index (χ4v) is 1.75. The molecule has 0 aliphatic heterocycles. The van der Waals surface area contributed by atoms with Gasteiger partial charge in [0.25, 0.3) is 0 Å². The maximum atomic E-state index is 12.0. The Labute approximate surface area is 90.2 Å². The van der Waals surface area contributed by atoms with Crippen LogP contribution in [0.15, 0.2) is 0 Å². The summed E-state index contributed by atoms with van der Waals surface area (Å²) < 4.78 is 35.9. The Balaban J connectivity index is 3.87. The topological polar surface area (TPSA) is 26.0 Å². The lowest BCUT2D eigenvalue weighted by molar-refractivity contribution is -0.136. The van der Waals surface area contributed by atoms with Crippen LogP contribution >= 0.6 is 0 Å². The normalized spacial score (nSPS) is 16.4. The van der Waals surface area contributed by atoms with E-state index in [4.69, 9.17) is 5.73 Å². The minimum Gasteiger partial charge on any atom is -0.327 e. The number of alkyl halides is 3. The second-order valence-corrected chi connectivity index (χ2v) is 4.13. The van der Waals surface area contributed by atoms with Crippen molar-refractivity contribution < 1.29 is 13.2 Å². The quantitative estimate of drug-likeness (QED) is 0.699. The summed E-state index contributed by atoms with van der Waals surface area (Å²) in [5.41, 5.74) is 5.78. The van der Waals surface area contributed by atoms with Gasteiger partial charge in [-0.15, -0.1) is 0 Å². The smallest absolute Gasteiger partial charge is 0.327 e. The highest BCUT2D eigenvalue weighted by atomic mass is 19.4. The first-order valence-corrected chi connectivity index (χ1v) is 5.73. The van der Waals surface area contributed by atoms with Crippen LogP contribution in [0.2, 0.25) is 0 Å². The third-order valence-corrected chi connectivity index (χ3v) is 2.82. The molecule has 0 aliphatic carbocycles. The van der Waals surface area contributed by atoms with Crippen molar-refractivity contribution >= 4 is 0 Å². The van der Waals surface area contributed by atoms with Crippen LogP contribution in [0, 0.1) is 5.92 Å². The van der Waals surface area contributed by atoms with Crippen LogP contribution in [0.25, 0.3) is 0 Å². The van der Waals surface area contributed by atoms with Crippen molar-refractivity contribution in [1.82, 2.24) is 0 Å². The van der Waals surface area contributed by atoms with E-state index < -0.39 is 12.6 Å². The summed E-state index contributed by atoms with van der Waals surface area (Å²) in [6, 6.07) is -0.303. The highest BCUT2D eigenvalue weighted by Gasteiger charge is 2.29. The van der Waals surface area contributed by atoms with Gasteiger partial charge < -0.3 is 5.73 Å². The Bertz CT molecular complexity index is 156. The molecule has 2 unspecified atom stereocenters. The first kappa shape index (κ1) is 14.8. The Hall–Kier alpha value is -0.250. The number of unbranched alkanes of at least 4 members (excludes halogenated alkanes) is 1. The summed E-state index contributed by atoms with van der Waals surface area (Å²) in [5.74, 6) is 0.243. The zero-order chi connectivity index (χ0) is 11.9. The van der Waals surface area contributed by atoms with E-state index in [-0.39, 0.29) is 18.4 Å². The lowest BCUT2D eigenvalue weighted by Gasteiger charge is -2.22. The van der Waals surface area contributed by atoms with Crippen molar-refractivity contribution in [2.75, 3.05) is 0 Å². The summed E-state index contributed by atoms with van der Waals surface area (Å²) in [6.07, 6.45) is -0.811. The van der Waals surface area contributed by atoms with Crippen LogP contribution in [0.5, 0.6) is 0 Å². The maximum absolute atomic E-state index is 12.0. The van der Waals surface area contributed by atoms with Crippen molar-refractivity contribution in [2.45, 2.75) is 64.6 Å². The number of hydrogen-bond acceptors (Lipinski definition) is 1. The van der Waals surface area contributed by atoms with Gasteiger partial charge in [0.1, 0.15) is 0 Å². The number of hydrogen-bond donors (Lipinski definition) is 1. The lowest BCUT2D eigenvalue weighted by Crippen LogP contribution is -2.31. The van der Waals surface area contributed by atoms with Crippen molar-refractivity contribution in [3.05, 3.63) is 0 Å². The predicted octanol–water partition coefficient (Wildman–Crippen LogP) is 3.87. The molecule has 0 aromatic rings. The second kappa shape index (κ2) is 7.09. The maximum Gasteiger partial charge on any atom is 0.389 e. The first-order valence-electron chi connectivity index (χ1n) is 5.73. The highest BCUT2D eigenvalue weighted by Crippen LogP contribution is 2.25.